The Morgan fingerprint density at radius 3 is 2.14 bits per heavy atom. The molecule has 3 saturated heterocycles. The van der Waals surface area contributed by atoms with Crippen LogP contribution in [0.4, 0.5) is 0 Å². The molecule has 0 saturated carbocycles. The predicted octanol–water partition coefficient (Wildman–Crippen LogP) is 7.17. The Morgan fingerprint density at radius 2 is 1.43 bits per heavy atom. The van der Waals surface area contributed by atoms with Gasteiger partial charge in [-0.1, -0.05) is 91.0 Å². The maximum absolute atomic E-state index is 6.98. The van der Waals surface area contributed by atoms with Gasteiger partial charge in [-0.2, -0.15) is 0 Å². The Morgan fingerprint density at radius 1 is 0.762 bits per heavy atom. The van der Waals surface area contributed by atoms with E-state index in [9.17, 15) is 0 Å². The summed E-state index contributed by atoms with van der Waals surface area (Å²) in [5.41, 5.74) is 2.39. The first-order valence-corrected chi connectivity index (χ1v) is 15.5. The molecule has 3 aromatic carbocycles. The number of fused-ring (bicyclic) bond motifs is 2. The van der Waals surface area contributed by atoms with E-state index < -0.39 is 11.2 Å². The number of ether oxygens (including phenoxy) is 6. The quantitative estimate of drug-likeness (QED) is 0.240. The number of rotatable bonds is 10. The van der Waals surface area contributed by atoms with Crippen LogP contribution in [0, 0.1) is 0 Å². The highest BCUT2D eigenvalue weighted by Crippen LogP contribution is 2.47. The van der Waals surface area contributed by atoms with Crippen molar-refractivity contribution < 1.29 is 28.4 Å². The Bertz CT molecular complexity index is 1240. The third-order valence-electron chi connectivity index (χ3n) is 9.03. The first kappa shape index (κ1) is 29.5. The second kappa shape index (κ2) is 13.4. The minimum absolute atomic E-state index is 0.0407. The summed E-state index contributed by atoms with van der Waals surface area (Å²) >= 11 is 0. The molecule has 3 heterocycles. The molecule has 0 aliphatic carbocycles. The van der Waals surface area contributed by atoms with Gasteiger partial charge >= 0.3 is 0 Å². The third kappa shape index (κ3) is 6.96. The standard InChI is InChI=1S/C36H44O6/c1-35-21-20-32-36(2,26-39-34(40-32)29-17-10-5-11-18-29)42-33(35)23-31(38-25-28-15-8-4-9-16-28)30(41-35)19-12-22-37-24-27-13-6-3-7-14-27/h3-11,13-18,30-34H,12,19-26H2,1-2H3/t30-,31+,32-,33-,34+,35+,36+/m0/s1. The maximum Gasteiger partial charge on any atom is 0.184 e. The second-order valence-electron chi connectivity index (χ2n) is 12.4. The number of hydrogen-bond donors (Lipinski definition) is 0. The van der Waals surface area contributed by atoms with Crippen molar-refractivity contribution in [1.29, 1.82) is 0 Å². The summed E-state index contributed by atoms with van der Waals surface area (Å²) in [4.78, 5) is 0. The zero-order valence-electron chi connectivity index (χ0n) is 24.9. The largest absolute Gasteiger partial charge is 0.377 e. The molecule has 6 nitrogen and oxygen atoms in total. The van der Waals surface area contributed by atoms with Crippen molar-refractivity contribution in [2.75, 3.05) is 13.2 Å². The van der Waals surface area contributed by atoms with E-state index >= 15 is 0 Å². The van der Waals surface area contributed by atoms with E-state index in [0.717, 1.165) is 43.2 Å². The molecule has 3 fully saturated rings. The van der Waals surface area contributed by atoms with Crippen LogP contribution >= 0.6 is 0 Å². The Hall–Kier alpha value is -2.58. The molecule has 6 heteroatoms. The highest BCUT2D eigenvalue weighted by atomic mass is 16.7. The molecule has 0 radical (unpaired) electrons. The molecule has 0 bridgehead atoms. The molecule has 7 atom stereocenters. The summed E-state index contributed by atoms with van der Waals surface area (Å²) in [6, 6.07) is 30.8. The highest BCUT2D eigenvalue weighted by molar-refractivity contribution is 5.17. The molecule has 0 amide bonds. The van der Waals surface area contributed by atoms with Crippen molar-refractivity contribution in [2.45, 2.75) is 101 Å². The molecule has 0 spiro atoms. The van der Waals surface area contributed by atoms with Gasteiger partial charge in [0.1, 0.15) is 5.60 Å². The first-order valence-electron chi connectivity index (χ1n) is 15.5. The molecular weight excluding hydrogens is 528 g/mol. The molecule has 6 rings (SSSR count). The lowest BCUT2D eigenvalue weighted by molar-refractivity contribution is -0.321. The third-order valence-corrected chi connectivity index (χ3v) is 9.03. The van der Waals surface area contributed by atoms with Crippen LogP contribution in [0.1, 0.15) is 68.9 Å². The van der Waals surface area contributed by atoms with E-state index in [2.05, 4.69) is 62.4 Å². The van der Waals surface area contributed by atoms with Crippen LogP contribution in [0.2, 0.25) is 0 Å². The molecule has 0 unspecified atom stereocenters. The van der Waals surface area contributed by atoms with Gasteiger partial charge < -0.3 is 28.4 Å². The van der Waals surface area contributed by atoms with Gasteiger partial charge in [0.05, 0.1) is 49.8 Å². The molecule has 0 N–H and O–H groups in total. The van der Waals surface area contributed by atoms with Crippen LogP contribution in [0.5, 0.6) is 0 Å². The molecular formula is C36H44O6. The molecule has 224 valence electrons. The predicted molar refractivity (Wildman–Crippen MR) is 161 cm³/mol. The maximum atomic E-state index is 6.98. The lowest BCUT2D eigenvalue weighted by Crippen LogP contribution is -2.59. The summed E-state index contributed by atoms with van der Waals surface area (Å²) < 4.78 is 39.3. The van der Waals surface area contributed by atoms with Gasteiger partial charge in [0, 0.05) is 18.6 Å². The van der Waals surface area contributed by atoms with Crippen molar-refractivity contribution in [3.05, 3.63) is 108 Å². The van der Waals surface area contributed by atoms with Crippen LogP contribution in [0.25, 0.3) is 0 Å². The van der Waals surface area contributed by atoms with E-state index in [1.807, 2.05) is 42.5 Å². The fraction of sp³-hybridized carbons (Fsp3) is 0.500. The molecule has 0 aromatic heterocycles. The average molecular weight is 573 g/mol. The molecule has 3 aromatic rings. The van der Waals surface area contributed by atoms with Crippen molar-refractivity contribution in [2.24, 2.45) is 0 Å². The lowest BCUT2D eigenvalue weighted by atomic mass is 9.83. The van der Waals surface area contributed by atoms with Gasteiger partial charge in [-0.05, 0) is 50.7 Å². The summed E-state index contributed by atoms with van der Waals surface area (Å²) in [6.07, 6.45) is 3.52. The van der Waals surface area contributed by atoms with E-state index in [1.54, 1.807) is 0 Å². The van der Waals surface area contributed by atoms with Crippen molar-refractivity contribution in [3.63, 3.8) is 0 Å². The van der Waals surface area contributed by atoms with Crippen LogP contribution in [-0.4, -0.2) is 48.8 Å². The minimum atomic E-state index is -0.556. The summed E-state index contributed by atoms with van der Waals surface area (Å²) in [6.45, 7) is 6.66. The Kier molecular flexibility index (Phi) is 9.39. The van der Waals surface area contributed by atoms with Crippen molar-refractivity contribution in [3.8, 4) is 0 Å². The van der Waals surface area contributed by atoms with Gasteiger partial charge in [0.25, 0.3) is 0 Å². The Labute approximate surface area is 250 Å². The lowest BCUT2D eigenvalue weighted by Gasteiger charge is -2.49. The van der Waals surface area contributed by atoms with Gasteiger partial charge in [0.2, 0.25) is 0 Å². The van der Waals surface area contributed by atoms with Gasteiger partial charge in [0.15, 0.2) is 6.29 Å². The van der Waals surface area contributed by atoms with Crippen LogP contribution in [-0.2, 0) is 41.6 Å². The van der Waals surface area contributed by atoms with Crippen molar-refractivity contribution >= 4 is 0 Å². The normalized spacial score (nSPS) is 32.9. The Balaban J connectivity index is 1.12. The average Bonchev–Trinajstić information content (AvgIpc) is 3.13. The van der Waals surface area contributed by atoms with E-state index in [4.69, 9.17) is 28.4 Å². The van der Waals surface area contributed by atoms with Crippen LogP contribution in [0.3, 0.4) is 0 Å². The fourth-order valence-corrected chi connectivity index (χ4v) is 6.53. The van der Waals surface area contributed by atoms with E-state index in [-0.39, 0.29) is 30.7 Å². The highest BCUT2D eigenvalue weighted by Gasteiger charge is 2.55. The van der Waals surface area contributed by atoms with Crippen LogP contribution < -0.4 is 0 Å². The molecule has 3 aliphatic heterocycles. The SMILES string of the molecule is C[C@@]12CC[C@@H]3O[C@H](c4ccccc4)OC[C@@]3(C)O[C@H]1C[C@@H](OCc1ccccc1)[C@H](CCCOCc1ccccc1)O2. The van der Waals surface area contributed by atoms with E-state index in [1.165, 1.54) is 5.56 Å². The summed E-state index contributed by atoms with van der Waals surface area (Å²) in [7, 11) is 0. The van der Waals surface area contributed by atoms with Crippen molar-refractivity contribution in [1.82, 2.24) is 0 Å². The second-order valence-corrected chi connectivity index (χ2v) is 12.4. The summed E-state index contributed by atoms with van der Waals surface area (Å²) in [5, 5.41) is 0. The fourth-order valence-electron chi connectivity index (χ4n) is 6.53. The topological polar surface area (TPSA) is 55.4 Å². The number of hydrogen-bond acceptors (Lipinski definition) is 6. The monoisotopic (exact) mass is 572 g/mol. The van der Waals surface area contributed by atoms with E-state index in [0.29, 0.717) is 26.4 Å². The molecule has 42 heavy (non-hydrogen) atoms. The van der Waals surface area contributed by atoms with Gasteiger partial charge in [-0.25, -0.2) is 0 Å². The molecule has 3 aliphatic rings. The first-order chi connectivity index (χ1) is 20.5. The zero-order valence-corrected chi connectivity index (χ0v) is 24.9. The van der Waals surface area contributed by atoms with Gasteiger partial charge in [-0.3, -0.25) is 0 Å². The summed E-state index contributed by atoms with van der Waals surface area (Å²) in [5.74, 6) is 0. The minimum Gasteiger partial charge on any atom is -0.377 e. The number of benzene rings is 3. The van der Waals surface area contributed by atoms with Gasteiger partial charge in [-0.15, -0.1) is 0 Å². The zero-order chi connectivity index (χ0) is 28.8. The smallest absolute Gasteiger partial charge is 0.184 e. The van der Waals surface area contributed by atoms with Crippen LogP contribution in [0.15, 0.2) is 91.0 Å².